The number of rotatable bonds is 3. The van der Waals surface area contributed by atoms with Crippen LogP contribution in [0.4, 0.5) is 0 Å². The highest BCUT2D eigenvalue weighted by atomic mass is 16.7. The molecule has 0 aromatic rings. The van der Waals surface area contributed by atoms with Gasteiger partial charge in [-0.3, -0.25) is 4.79 Å². The molecular weight excluding hydrogens is 192 g/mol. The van der Waals surface area contributed by atoms with Gasteiger partial charge in [-0.15, -0.1) is 0 Å². The fourth-order valence-electron chi connectivity index (χ4n) is 2.44. The molecular formula is C12H20O3. The molecule has 0 amide bonds. The van der Waals surface area contributed by atoms with Gasteiger partial charge in [0.25, 0.3) is 0 Å². The average molecular weight is 212 g/mol. The van der Waals surface area contributed by atoms with Crippen molar-refractivity contribution in [2.75, 3.05) is 13.2 Å². The van der Waals surface area contributed by atoms with Gasteiger partial charge in [-0.1, -0.05) is 0 Å². The van der Waals surface area contributed by atoms with E-state index in [0.29, 0.717) is 11.7 Å². The molecule has 1 unspecified atom stereocenters. The lowest BCUT2D eigenvalue weighted by molar-refractivity contribution is -0.183. The topological polar surface area (TPSA) is 35.5 Å². The van der Waals surface area contributed by atoms with Crippen LogP contribution in [0.1, 0.15) is 44.9 Å². The molecule has 15 heavy (non-hydrogen) atoms. The van der Waals surface area contributed by atoms with Gasteiger partial charge in [-0.2, -0.15) is 0 Å². The zero-order valence-electron chi connectivity index (χ0n) is 9.24. The predicted molar refractivity (Wildman–Crippen MR) is 56.5 cm³/mol. The van der Waals surface area contributed by atoms with Gasteiger partial charge in [0.15, 0.2) is 6.29 Å². The SMILES string of the molecule is O=C1CCCC(CCC2OCCCO2)C1. The van der Waals surface area contributed by atoms with Crippen molar-refractivity contribution in [2.24, 2.45) is 5.92 Å². The number of Topliss-reactive ketones (excluding diaryl/α,β-unsaturated/α-hetero) is 1. The zero-order chi connectivity index (χ0) is 10.5. The van der Waals surface area contributed by atoms with E-state index in [1.54, 1.807) is 0 Å². The molecule has 1 saturated carbocycles. The van der Waals surface area contributed by atoms with Gasteiger partial charge in [0.05, 0.1) is 13.2 Å². The van der Waals surface area contributed by atoms with Crippen LogP contribution in [0.3, 0.4) is 0 Å². The first-order chi connectivity index (χ1) is 7.34. The van der Waals surface area contributed by atoms with Crippen LogP contribution in [0.15, 0.2) is 0 Å². The normalized spacial score (nSPS) is 29.3. The van der Waals surface area contributed by atoms with Gasteiger partial charge in [0, 0.05) is 12.8 Å². The molecule has 0 N–H and O–H groups in total. The fourth-order valence-corrected chi connectivity index (χ4v) is 2.44. The van der Waals surface area contributed by atoms with E-state index in [-0.39, 0.29) is 6.29 Å². The Balaban J connectivity index is 1.65. The molecule has 0 radical (unpaired) electrons. The largest absolute Gasteiger partial charge is 0.353 e. The van der Waals surface area contributed by atoms with Crippen molar-refractivity contribution in [2.45, 2.75) is 51.2 Å². The van der Waals surface area contributed by atoms with Gasteiger partial charge < -0.3 is 9.47 Å². The Bertz CT molecular complexity index is 209. The van der Waals surface area contributed by atoms with Gasteiger partial charge in [-0.25, -0.2) is 0 Å². The van der Waals surface area contributed by atoms with E-state index in [0.717, 1.165) is 51.7 Å². The van der Waals surface area contributed by atoms with Crippen molar-refractivity contribution in [3.05, 3.63) is 0 Å². The summed E-state index contributed by atoms with van der Waals surface area (Å²) < 4.78 is 11.0. The fraction of sp³-hybridized carbons (Fsp3) is 0.917. The highest BCUT2D eigenvalue weighted by molar-refractivity contribution is 5.79. The Morgan fingerprint density at radius 1 is 1.13 bits per heavy atom. The molecule has 2 fully saturated rings. The Morgan fingerprint density at radius 2 is 1.93 bits per heavy atom. The van der Waals surface area contributed by atoms with Gasteiger partial charge in [0.2, 0.25) is 0 Å². The Kier molecular flexibility index (Phi) is 4.15. The average Bonchev–Trinajstić information content (AvgIpc) is 2.28. The van der Waals surface area contributed by atoms with Crippen molar-refractivity contribution in [1.29, 1.82) is 0 Å². The predicted octanol–water partition coefficient (Wildman–Crippen LogP) is 2.29. The van der Waals surface area contributed by atoms with Crippen LogP contribution >= 0.6 is 0 Å². The van der Waals surface area contributed by atoms with Crippen molar-refractivity contribution >= 4 is 5.78 Å². The van der Waals surface area contributed by atoms with Crippen molar-refractivity contribution < 1.29 is 14.3 Å². The molecule has 0 aromatic carbocycles. The second-order valence-corrected chi connectivity index (χ2v) is 4.60. The van der Waals surface area contributed by atoms with Crippen molar-refractivity contribution in [3.63, 3.8) is 0 Å². The van der Waals surface area contributed by atoms with Gasteiger partial charge in [-0.05, 0) is 38.0 Å². The third-order valence-corrected chi connectivity index (χ3v) is 3.29. The Hall–Kier alpha value is -0.410. The van der Waals surface area contributed by atoms with E-state index in [4.69, 9.17) is 9.47 Å². The van der Waals surface area contributed by atoms with Crippen LogP contribution in [-0.4, -0.2) is 25.3 Å². The molecule has 2 aliphatic rings. The molecule has 1 aliphatic carbocycles. The lowest BCUT2D eigenvalue weighted by Gasteiger charge is -2.26. The van der Waals surface area contributed by atoms with Crippen LogP contribution in [-0.2, 0) is 14.3 Å². The maximum atomic E-state index is 11.3. The highest BCUT2D eigenvalue weighted by Gasteiger charge is 2.21. The molecule has 3 heteroatoms. The van der Waals surface area contributed by atoms with E-state index < -0.39 is 0 Å². The maximum Gasteiger partial charge on any atom is 0.157 e. The van der Waals surface area contributed by atoms with Crippen LogP contribution in [0.5, 0.6) is 0 Å². The first kappa shape index (κ1) is 11.1. The van der Waals surface area contributed by atoms with Crippen LogP contribution in [0.25, 0.3) is 0 Å². The minimum absolute atomic E-state index is 0.00391. The molecule has 0 bridgehead atoms. The molecule has 86 valence electrons. The molecule has 1 atom stereocenters. The summed E-state index contributed by atoms with van der Waals surface area (Å²) in [7, 11) is 0. The molecule has 1 saturated heterocycles. The molecule has 0 aromatic heterocycles. The van der Waals surface area contributed by atoms with E-state index in [1.165, 1.54) is 6.42 Å². The standard InChI is InChI=1S/C12H20O3/c13-11-4-1-3-10(9-11)5-6-12-14-7-2-8-15-12/h10,12H,1-9H2. The molecule has 3 nitrogen and oxygen atoms in total. The third-order valence-electron chi connectivity index (χ3n) is 3.29. The summed E-state index contributed by atoms with van der Waals surface area (Å²) in [6, 6.07) is 0. The first-order valence-electron chi connectivity index (χ1n) is 6.09. The maximum absolute atomic E-state index is 11.3. The van der Waals surface area contributed by atoms with Crippen LogP contribution in [0.2, 0.25) is 0 Å². The number of ketones is 1. The number of hydrogen-bond donors (Lipinski definition) is 0. The highest BCUT2D eigenvalue weighted by Crippen LogP contribution is 2.26. The lowest BCUT2D eigenvalue weighted by Crippen LogP contribution is -2.26. The number of carbonyl (C=O) groups excluding carboxylic acids is 1. The van der Waals surface area contributed by atoms with E-state index in [2.05, 4.69) is 0 Å². The molecule has 0 spiro atoms. The lowest BCUT2D eigenvalue weighted by atomic mass is 9.85. The summed E-state index contributed by atoms with van der Waals surface area (Å²) in [6.07, 6.45) is 6.91. The Morgan fingerprint density at radius 3 is 2.67 bits per heavy atom. The van der Waals surface area contributed by atoms with Crippen LogP contribution < -0.4 is 0 Å². The minimum Gasteiger partial charge on any atom is -0.353 e. The van der Waals surface area contributed by atoms with E-state index >= 15 is 0 Å². The summed E-state index contributed by atoms with van der Waals surface area (Å²) in [5.74, 6) is 1.03. The molecule has 2 rings (SSSR count). The number of hydrogen-bond acceptors (Lipinski definition) is 3. The van der Waals surface area contributed by atoms with Crippen molar-refractivity contribution in [3.8, 4) is 0 Å². The van der Waals surface area contributed by atoms with Gasteiger partial charge in [0.1, 0.15) is 5.78 Å². The third kappa shape index (κ3) is 3.58. The Labute approximate surface area is 91.1 Å². The number of ether oxygens (including phenoxy) is 2. The summed E-state index contributed by atoms with van der Waals surface area (Å²) in [5, 5.41) is 0. The quantitative estimate of drug-likeness (QED) is 0.720. The molecule has 1 aliphatic heterocycles. The second-order valence-electron chi connectivity index (χ2n) is 4.60. The smallest absolute Gasteiger partial charge is 0.157 e. The monoisotopic (exact) mass is 212 g/mol. The van der Waals surface area contributed by atoms with E-state index in [1.807, 2.05) is 0 Å². The minimum atomic E-state index is -0.00391. The summed E-state index contributed by atoms with van der Waals surface area (Å²) in [5.41, 5.74) is 0. The van der Waals surface area contributed by atoms with E-state index in [9.17, 15) is 4.79 Å². The summed E-state index contributed by atoms with van der Waals surface area (Å²) in [6.45, 7) is 1.66. The van der Waals surface area contributed by atoms with Gasteiger partial charge >= 0.3 is 0 Å². The first-order valence-corrected chi connectivity index (χ1v) is 6.09. The summed E-state index contributed by atoms with van der Waals surface area (Å²) >= 11 is 0. The molecule has 1 heterocycles. The van der Waals surface area contributed by atoms with Crippen LogP contribution in [0, 0.1) is 5.92 Å². The number of carbonyl (C=O) groups is 1. The summed E-state index contributed by atoms with van der Waals surface area (Å²) in [4.78, 5) is 11.3. The van der Waals surface area contributed by atoms with Crippen molar-refractivity contribution in [1.82, 2.24) is 0 Å². The second kappa shape index (κ2) is 5.61. The zero-order valence-corrected chi connectivity index (χ0v) is 9.24.